The van der Waals surface area contributed by atoms with E-state index in [1.165, 1.54) is 0 Å². The summed E-state index contributed by atoms with van der Waals surface area (Å²) in [4.78, 5) is 23.0. The predicted octanol–water partition coefficient (Wildman–Crippen LogP) is 1.55. The summed E-state index contributed by atoms with van der Waals surface area (Å²) < 4.78 is 10.5. The standard InChI is InChI=1S/C11H16N2O5/c1-5-17-9(15)7-6-13(12-8(7)14)10(16)18-11(2,3)4/h6H,5H2,1-4H3,(H,12,14). The first kappa shape index (κ1) is 14.0. The lowest BCUT2D eigenvalue weighted by atomic mass is 10.2. The highest BCUT2D eigenvalue weighted by Gasteiger charge is 2.23. The normalized spacial score (nSPS) is 11.1. The maximum absolute atomic E-state index is 11.6. The zero-order chi connectivity index (χ0) is 13.9. The summed E-state index contributed by atoms with van der Waals surface area (Å²) in [5.41, 5.74) is -0.870. The maximum atomic E-state index is 11.6. The number of rotatable bonds is 2. The van der Waals surface area contributed by atoms with Crippen LogP contribution >= 0.6 is 0 Å². The average molecular weight is 256 g/mol. The Morgan fingerprint density at radius 1 is 1.44 bits per heavy atom. The molecule has 1 aromatic rings. The van der Waals surface area contributed by atoms with Crippen molar-refractivity contribution in [3.63, 3.8) is 0 Å². The molecule has 0 radical (unpaired) electrons. The van der Waals surface area contributed by atoms with E-state index >= 15 is 0 Å². The summed E-state index contributed by atoms with van der Waals surface area (Å²) >= 11 is 0. The van der Waals surface area contributed by atoms with Gasteiger partial charge in [-0.3, -0.25) is 0 Å². The smallest absolute Gasteiger partial charge is 0.435 e. The fourth-order valence-corrected chi connectivity index (χ4v) is 1.12. The third-order valence-corrected chi connectivity index (χ3v) is 1.77. The lowest BCUT2D eigenvalue weighted by molar-refractivity contribution is 0.0512. The van der Waals surface area contributed by atoms with Gasteiger partial charge < -0.3 is 14.6 Å². The van der Waals surface area contributed by atoms with Crippen LogP contribution in [0.3, 0.4) is 0 Å². The number of aromatic nitrogens is 2. The molecular weight excluding hydrogens is 240 g/mol. The highest BCUT2D eigenvalue weighted by molar-refractivity contribution is 5.92. The van der Waals surface area contributed by atoms with Crippen LogP contribution in [0.2, 0.25) is 0 Å². The Labute approximate surface area is 104 Å². The third kappa shape index (κ3) is 3.47. The van der Waals surface area contributed by atoms with E-state index in [0.717, 1.165) is 10.9 Å². The van der Waals surface area contributed by atoms with E-state index in [0.29, 0.717) is 0 Å². The molecule has 1 N–H and O–H groups in total. The van der Waals surface area contributed by atoms with Crippen LogP contribution in [0.25, 0.3) is 0 Å². The molecule has 0 aliphatic rings. The summed E-state index contributed by atoms with van der Waals surface area (Å²) in [6, 6.07) is 0. The van der Waals surface area contributed by atoms with Crippen LogP contribution in [0.4, 0.5) is 4.79 Å². The van der Waals surface area contributed by atoms with Crippen LogP contribution in [0, 0.1) is 0 Å². The fourth-order valence-electron chi connectivity index (χ4n) is 1.12. The molecule has 0 unspecified atom stereocenters. The number of nitrogens with zero attached hydrogens (tertiary/aromatic N) is 2. The molecule has 0 aliphatic carbocycles. The zero-order valence-electron chi connectivity index (χ0n) is 10.8. The van der Waals surface area contributed by atoms with Gasteiger partial charge >= 0.3 is 12.1 Å². The third-order valence-electron chi connectivity index (χ3n) is 1.77. The lowest BCUT2D eigenvalue weighted by Crippen LogP contribution is -2.27. The summed E-state index contributed by atoms with van der Waals surface area (Å²) in [6.07, 6.45) is 0.287. The Morgan fingerprint density at radius 3 is 2.56 bits per heavy atom. The van der Waals surface area contributed by atoms with Crippen LogP contribution in [0.1, 0.15) is 38.1 Å². The van der Waals surface area contributed by atoms with Crippen molar-refractivity contribution < 1.29 is 24.2 Å². The first-order valence-corrected chi connectivity index (χ1v) is 5.43. The molecule has 0 spiro atoms. The SMILES string of the molecule is CCOC(=O)c1cn(C(=O)OC(C)(C)C)nc1O. The monoisotopic (exact) mass is 256 g/mol. The second-order valence-corrected chi connectivity index (χ2v) is 4.51. The number of hydrogen-bond donors (Lipinski definition) is 1. The van der Waals surface area contributed by atoms with Crippen molar-refractivity contribution in [3.8, 4) is 5.88 Å². The first-order valence-electron chi connectivity index (χ1n) is 5.43. The first-order chi connectivity index (χ1) is 8.24. The van der Waals surface area contributed by atoms with E-state index in [4.69, 9.17) is 9.47 Å². The molecule has 0 saturated carbocycles. The van der Waals surface area contributed by atoms with Gasteiger partial charge in [-0.15, -0.1) is 5.10 Å². The van der Waals surface area contributed by atoms with Crippen LogP contribution < -0.4 is 0 Å². The molecule has 0 aliphatic heterocycles. The number of aromatic hydroxyl groups is 1. The molecule has 0 saturated heterocycles. The molecule has 0 amide bonds. The molecule has 1 aromatic heterocycles. The van der Waals surface area contributed by atoms with Gasteiger partial charge in [0.1, 0.15) is 11.2 Å². The van der Waals surface area contributed by atoms with E-state index in [1.807, 2.05) is 0 Å². The van der Waals surface area contributed by atoms with Gasteiger partial charge in [0.05, 0.1) is 12.8 Å². The summed E-state index contributed by atoms with van der Waals surface area (Å²) in [6.45, 7) is 6.88. The summed E-state index contributed by atoms with van der Waals surface area (Å²) in [7, 11) is 0. The minimum atomic E-state index is -0.784. The minimum Gasteiger partial charge on any atom is -0.492 e. The maximum Gasteiger partial charge on any atom is 0.435 e. The molecular formula is C11H16N2O5. The van der Waals surface area contributed by atoms with Gasteiger partial charge in [0.25, 0.3) is 0 Å². The molecule has 18 heavy (non-hydrogen) atoms. The number of carbonyl (C=O) groups is 2. The lowest BCUT2D eigenvalue weighted by Gasteiger charge is -2.18. The van der Waals surface area contributed by atoms with Gasteiger partial charge in [-0.25, -0.2) is 9.59 Å². The van der Waals surface area contributed by atoms with Gasteiger partial charge in [0.2, 0.25) is 5.88 Å². The highest BCUT2D eigenvalue weighted by Crippen LogP contribution is 2.16. The Balaban J connectivity index is 2.90. The second-order valence-electron chi connectivity index (χ2n) is 4.51. The Morgan fingerprint density at radius 2 is 2.06 bits per heavy atom. The van der Waals surface area contributed by atoms with Crippen molar-refractivity contribution in [3.05, 3.63) is 11.8 Å². The summed E-state index contributed by atoms with van der Waals surface area (Å²) in [5.74, 6) is -1.32. The van der Waals surface area contributed by atoms with Crippen LogP contribution in [-0.2, 0) is 9.47 Å². The number of ether oxygens (including phenoxy) is 2. The summed E-state index contributed by atoms with van der Waals surface area (Å²) in [5, 5.41) is 12.9. The topological polar surface area (TPSA) is 90.7 Å². The second kappa shape index (κ2) is 5.07. The van der Waals surface area contributed by atoms with Gasteiger partial charge in [-0.2, -0.15) is 4.68 Å². The van der Waals surface area contributed by atoms with Crippen molar-refractivity contribution in [1.29, 1.82) is 0 Å². The average Bonchev–Trinajstić information content (AvgIpc) is 2.58. The van der Waals surface area contributed by atoms with Gasteiger partial charge in [-0.05, 0) is 27.7 Å². The van der Waals surface area contributed by atoms with Crippen molar-refractivity contribution in [2.45, 2.75) is 33.3 Å². The Kier molecular flexibility index (Phi) is 3.95. The molecule has 0 aromatic carbocycles. The van der Waals surface area contributed by atoms with Crippen LogP contribution in [0.5, 0.6) is 5.88 Å². The van der Waals surface area contributed by atoms with Gasteiger partial charge in [0, 0.05) is 0 Å². The van der Waals surface area contributed by atoms with E-state index < -0.39 is 23.5 Å². The quantitative estimate of drug-likeness (QED) is 0.807. The van der Waals surface area contributed by atoms with Gasteiger partial charge in [-0.1, -0.05) is 0 Å². The van der Waals surface area contributed by atoms with E-state index in [1.54, 1.807) is 27.7 Å². The van der Waals surface area contributed by atoms with E-state index in [9.17, 15) is 14.7 Å². The molecule has 1 rings (SSSR count). The van der Waals surface area contributed by atoms with E-state index in [-0.39, 0.29) is 12.2 Å². The Bertz CT molecular complexity index is 458. The minimum absolute atomic E-state index is 0.163. The number of carbonyl (C=O) groups excluding carboxylic acids is 2. The van der Waals surface area contributed by atoms with Gasteiger partial charge in [0.15, 0.2) is 0 Å². The molecule has 7 heteroatoms. The van der Waals surface area contributed by atoms with Crippen LogP contribution in [-0.4, -0.2) is 39.2 Å². The molecule has 0 atom stereocenters. The Hall–Kier alpha value is -2.05. The molecule has 7 nitrogen and oxygen atoms in total. The van der Waals surface area contributed by atoms with Crippen molar-refractivity contribution in [2.24, 2.45) is 0 Å². The number of hydrogen-bond acceptors (Lipinski definition) is 6. The largest absolute Gasteiger partial charge is 0.492 e. The van der Waals surface area contributed by atoms with E-state index in [2.05, 4.69) is 5.10 Å². The highest BCUT2D eigenvalue weighted by atomic mass is 16.6. The molecule has 0 bridgehead atoms. The van der Waals surface area contributed by atoms with Crippen molar-refractivity contribution >= 4 is 12.1 Å². The van der Waals surface area contributed by atoms with Crippen LogP contribution in [0.15, 0.2) is 6.20 Å². The number of esters is 1. The predicted molar refractivity (Wildman–Crippen MR) is 61.5 cm³/mol. The fraction of sp³-hybridized carbons (Fsp3) is 0.545. The van der Waals surface area contributed by atoms with Crippen molar-refractivity contribution in [2.75, 3.05) is 6.61 Å². The molecule has 0 fully saturated rings. The zero-order valence-corrected chi connectivity index (χ0v) is 10.8. The van der Waals surface area contributed by atoms with Crippen molar-refractivity contribution in [1.82, 2.24) is 9.78 Å². The molecule has 1 heterocycles. The molecule has 100 valence electrons.